The van der Waals surface area contributed by atoms with Gasteiger partial charge in [0.25, 0.3) is 5.89 Å². The third-order valence-electron chi connectivity index (χ3n) is 4.41. The van der Waals surface area contributed by atoms with Crippen molar-refractivity contribution in [3.05, 3.63) is 87.9 Å². The summed E-state index contributed by atoms with van der Waals surface area (Å²) in [7, 11) is 0. The minimum Gasteiger partial charge on any atom is -0.334 e. The molecule has 0 aliphatic carbocycles. The van der Waals surface area contributed by atoms with Gasteiger partial charge in [-0.25, -0.2) is 13.6 Å². The summed E-state index contributed by atoms with van der Waals surface area (Å²) in [6.45, 7) is 3.56. The fourth-order valence-corrected chi connectivity index (χ4v) is 2.98. The summed E-state index contributed by atoms with van der Waals surface area (Å²) in [6.07, 6.45) is 3.26. The molecular weight excluding hydrogens is 378 g/mol. The van der Waals surface area contributed by atoms with Crippen LogP contribution in [-0.4, -0.2) is 19.7 Å². The molecule has 8 heteroatoms. The van der Waals surface area contributed by atoms with E-state index in [2.05, 4.69) is 15.1 Å². The van der Waals surface area contributed by atoms with Crippen molar-refractivity contribution in [1.82, 2.24) is 19.7 Å². The first-order valence-corrected chi connectivity index (χ1v) is 8.77. The molecule has 0 spiro atoms. The number of H-pyrrole nitrogens is 1. The van der Waals surface area contributed by atoms with Crippen LogP contribution >= 0.6 is 0 Å². The Morgan fingerprint density at radius 1 is 1.17 bits per heavy atom. The molecule has 0 amide bonds. The third-order valence-corrected chi connectivity index (χ3v) is 4.41. The van der Waals surface area contributed by atoms with Gasteiger partial charge in [-0.05, 0) is 49.8 Å². The Hall–Kier alpha value is -3.81. The molecule has 0 radical (unpaired) electrons. The lowest BCUT2D eigenvalue weighted by Gasteiger charge is -2.05. The number of hydrogen-bond donors (Lipinski definition) is 1. The van der Waals surface area contributed by atoms with Crippen LogP contribution < -0.4 is 5.69 Å². The van der Waals surface area contributed by atoms with Crippen molar-refractivity contribution in [2.45, 2.75) is 13.8 Å². The molecule has 4 aromatic rings. The number of allylic oxidation sites excluding steroid dienone is 1. The van der Waals surface area contributed by atoms with Crippen LogP contribution in [0.3, 0.4) is 0 Å². The van der Waals surface area contributed by atoms with Crippen molar-refractivity contribution in [1.29, 1.82) is 0 Å². The summed E-state index contributed by atoms with van der Waals surface area (Å²) in [5.74, 6) is -1.23. The predicted octanol–water partition coefficient (Wildman–Crippen LogP) is 4.36. The van der Waals surface area contributed by atoms with E-state index in [-0.39, 0.29) is 11.6 Å². The van der Waals surface area contributed by atoms with Crippen molar-refractivity contribution in [3.8, 4) is 17.1 Å². The van der Waals surface area contributed by atoms with E-state index in [0.717, 1.165) is 17.8 Å². The molecule has 0 aliphatic rings. The van der Waals surface area contributed by atoms with E-state index in [0.29, 0.717) is 28.2 Å². The molecule has 0 atom stereocenters. The van der Waals surface area contributed by atoms with E-state index in [4.69, 9.17) is 4.52 Å². The lowest BCUT2D eigenvalue weighted by atomic mass is 10.1. The van der Waals surface area contributed by atoms with Crippen LogP contribution in [0, 0.1) is 18.6 Å². The van der Waals surface area contributed by atoms with E-state index in [1.807, 2.05) is 6.92 Å². The number of benzene rings is 2. The number of nitrogens with one attached hydrogen (secondary N) is 1. The molecule has 146 valence electrons. The van der Waals surface area contributed by atoms with Gasteiger partial charge in [0.15, 0.2) is 11.6 Å². The highest BCUT2D eigenvalue weighted by Crippen LogP contribution is 2.23. The SMILES string of the molecule is C/C(=C/c1ccc(F)c(F)c1)c1nc(-c2cccc(-n3c(C)c[nH]c3=O)c2)no1. The molecule has 0 unspecified atom stereocenters. The molecule has 6 nitrogen and oxygen atoms in total. The van der Waals surface area contributed by atoms with Crippen LogP contribution in [0.5, 0.6) is 0 Å². The molecule has 2 heterocycles. The van der Waals surface area contributed by atoms with Gasteiger partial charge in [-0.15, -0.1) is 0 Å². The number of halogens is 2. The Labute approximate surface area is 164 Å². The average molecular weight is 394 g/mol. The average Bonchev–Trinajstić information content (AvgIpc) is 3.32. The normalized spacial score (nSPS) is 11.8. The predicted molar refractivity (Wildman–Crippen MR) is 104 cm³/mol. The van der Waals surface area contributed by atoms with Crippen LogP contribution in [0.2, 0.25) is 0 Å². The zero-order valence-corrected chi connectivity index (χ0v) is 15.6. The van der Waals surface area contributed by atoms with E-state index in [1.165, 1.54) is 6.07 Å². The summed E-state index contributed by atoms with van der Waals surface area (Å²) < 4.78 is 33.3. The zero-order valence-electron chi connectivity index (χ0n) is 15.6. The maximum atomic E-state index is 13.4. The number of imidazole rings is 1. The molecule has 29 heavy (non-hydrogen) atoms. The van der Waals surface area contributed by atoms with Gasteiger partial charge >= 0.3 is 5.69 Å². The second-order valence-corrected chi connectivity index (χ2v) is 6.54. The molecule has 0 bridgehead atoms. The van der Waals surface area contributed by atoms with Crippen molar-refractivity contribution in [2.75, 3.05) is 0 Å². The lowest BCUT2D eigenvalue weighted by Crippen LogP contribution is -2.15. The number of aromatic amines is 1. The highest BCUT2D eigenvalue weighted by Gasteiger charge is 2.13. The second kappa shape index (κ2) is 7.31. The third kappa shape index (κ3) is 3.64. The largest absolute Gasteiger partial charge is 0.334 e. The van der Waals surface area contributed by atoms with Gasteiger partial charge in [-0.2, -0.15) is 4.98 Å². The Kier molecular flexibility index (Phi) is 4.67. The second-order valence-electron chi connectivity index (χ2n) is 6.54. The van der Waals surface area contributed by atoms with Crippen LogP contribution in [0.4, 0.5) is 8.78 Å². The Morgan fingerprint density at radius 3 is 2.72 bits per heavy atom. The smallest absolute Gasteiger partial charge is 0.330 e. The molecule has 1 N–H and O–H groups in total. The van der Waals surface area contributed by atoms with Gasteiger partial charge in [0.2, 0.25) is 5.82 Å². The van der Waals surface area contributed by atoms with Gasteiger partial charge in [-0.3, -0.25) is 4.57 Å². The molecule has 2 aromatic heterocycles. The molecule has 0 saturated heterocycles. The summed E-state index contributed by atoms with van der Waals surface area (Å²) in [5, 5.41) is 3.99. The number of aromatic nitrogens is 4. The highest BCUT2D eigenvalue weighted by atomic mass is 19.2. The van der Waals surface area contributed by atoms with Crippen molar-refractivity contribution < 1.29 is 13.3 Å². The standard InChI is InChI=1S/C21H16F2N4O2/c1-12(8-14-6-7-17(22)18(23)9-14)20-25-19(26-29-20)15-4-3-5-16(10-15)27-13(2)11-24-21(27)28/h3-11H,1-2H3,(H,24,28)/b12-8-. The molecule has 0 fully saturated rings. The minimum absolute atomic E-state index is 0.237. The molecule has 0 aliphatic heterocycles. The summed E-state index contributed by atoms with van der Waals surface area (Å²) in [6, 6.07) is 10.8. The first-order chi connectivity index (χ1) is 13.9. The first kappa shape index (κ1) is 18.5. The van der Waals surface area contributed by atoms with E-state index < -0.39 is 11.6 Å². The summed E-state index contributed by atoms with van der Waals surface area (Å²) in [5.41, 5.74) is 2.95. The number of rotatable bonds is 4. The number of hydrogen-bond acceptors (Lipinski definition) is 4. The monoisotopic (exact) mass is 394 g/mol. The zero-order chi connectivity index (χ0) is 20.5. The van der Waals surface area contributed by atoms with Crippen LogP contribution in [-0.2, 0) is 0 Å². The van der Waals surface area contributed by atoms with Gasteiger partial charge in [-0.1, -0.05) is 23.4 Å². The lowest BCUT2D eigenvalue weighted by molar-refractivity contribution is 0.408. The Balaban J connectivity index is 1.66. The Bertz CT molecular complexity index is 1280. The maximum absolute atomic E-state index is 13.4. The summed E-state index contributed by atoms with van der Waals surface area (Å²) in [4.78, 5) is 19.0. The fourth-order valence-electron chi connectivity index (χ4n) is 2.98. The van der Waals surface area contributed by atoms with Crippen LogP contribution in [0.1, 0.15) is 24.1 Å². The van der Waals surface area contributed by atoms with Gasteiger partial charge in [0.05, 0.1) is 5.69 Å². The van der Waals surface area contributed by atoms with Gasteiger partial charge < -0.3 is 9.51 Å². The number of aryl methyl sites for hydroxylation is 1. The molecule has 4 rings (SSSR count). The molecule has 2 aromatic carbocycles. The topological polar surface area (TPSA) is 76.7 Å². The Morgan fingerprint density at radius 2 is 2.00 bits per heavy atom. The molecule has 0 saturated carbocycles. The molecular formula is C21H16F2N4O2. The first-order valence-electron chi connectivity index (χ1n) is 8.77. The summed E-state index contributed by atoms with van der Waals surface area (Å²) >= 11 is 0. The van der Waals surface area contributed by atoms with E-state index in [9.17, 15) is 13.6 Å². The quantitative estimate of drug-likeness (QED) is 0.558. The number of nitrogens with zero attached hydrogens (tertiary/aromatic N) is 3. The van der Waals surface area contributed by atoms with Crippen LogP contribution in [0.25, 0.3) is 28.7 Å². The highest BCUT2D eigenvalue weighted by molar-refractivity contribution is 5.77. The van der Waals surface area contributed by atoms with Gasteiger partial charge in [0, 0.05) is 23.0 Å². The fraction of sp³-hybridized carbons (Fsp3) is 0.0952. The van der Waals surface area contributed by atoms with Crippen molar-refractivity contribution >= 4 is 11.6 Å². The van der Waals surface area contributed by atoms with E-state index in [1.54, 1.807) is 48.0 Å². The minimum atomic E-state index is -0.926. The maximum Gasteiger partial charge on any atom is 0.330 e. The van der Waals surface area contributed by atoms with Crippen molar-refractivity contribution in [3.63, 3.8) is 0 Å². The van der Waals surface area contributed by atoms with E-state index >= 15 is 0 Å². The van der Waals surface area contributed by atoms with Gasteiger partial charge in [0.1, 0.15) is 0 Å². The van der Waals surface area contributed by atoms with Crippen LogP contribution in [0.15, 0.2) is 58.0 Å². The van der Waals surface area contributed by atoms with Crippen molar-refractivity contribution in [2.24, 2.45) is 0 Å².